The van der Waals surface area contributed by atoms with E-state index >= 15 is 0 Å². The highest BCUT2D eigenvalue weighted by atomic mass is 15.1. The van der Waals surface area contributed by atoms with Gasteiger partial charge in [0.2, 0.25) is 0 Å². The van der Waals surface area contributed by atoms with Crippen molar-refractivity contribution in [3.63, 3.8) is 0 Å². The molecule has 0 N–H and O–H groups in total. The number of nitrogens with zero attached hydrogens (tertiary/aromatic N) is 2. The van der Waals surface area contributed by atoms with Gasteiger partial charge in [-0.25, -0.2) is 0 Å². The van der Waals surface area contributed by atoms with Crippen molar-refractivity contribution >= 4 is 0 Å². The zero-order valence-electron chi connectivity index (χ0n) is 15.3. The predicted molar refractivity (Wildman–Crippen MR) is 98.8 cm³/mol. The van der Waals surface area contributed by atoms with Gasteiger partial charge in [0.1, 0.15) is 0 Å². The molecule has 0 atom stereocenters. The molecule has 1 saturated heterocycles. The van der Waals surface area contributed by atoms with Crippen LogP contribution < -0.4 is 0 Å². The van der Waals surface area contributed by atoms with Gasteiger partial charge in [-0.05, 0) is 82.1 Å². The average Bonchev–Trinajstić information content (AvgIpc) is 3.00. The van der Waals surface area contributed by atoms with E-state index in [4.69, 9.17) is 0 Å². The minimum Gasteiger partial charge on any atom is -0.301 e. The summed E-state index contributed by atoms with van der Waals surface area (Å²) in [4.78, 5) is 5.19. The van der Waals surface area contributed by atoms with Gasteiger partial charge in [0, 0.05) is 19.1 Å². The Bertz CT molecular complexity index is 467. The maximum atomic E-state index is 2.61. The largest absolute Gasteiger partial charge is 0.301 e. The first-order valence-electron chi connectivity index (χ1n) is 9.71. The van der Waals surface area contributed by atoms with Crippen LogP contribution in [0.2, 0.25) is 0 Å². The van der Waals surface area contributed by atoms with E-state index in [0.29, 0.717) is 6.04 Å². The summed E-state index contributed by atoms with van der Waals surface area (Å²) in [7, 11) is 0. The van der Waals surface area contributed by atoms with Crippen LogP contribution in [-0.2, 0) is 6.54 Å². The van der Waals surface area contributed by atoms with Crippen LogP contribution in [0.15, 0.2) is 24.3 Å². The SMILES string of the molecule is CCN(C[C@H]1C[C@H](c2ccc(CN3CCCC3)cc2)C1)C(C)C. The lowest BCUT2D eigenvalue weighted by molar-refractivity contribution is 0.138. The molecule has 1 aliphatic carbocycles. The van der Waals surface area contributed by atoms with Gasteiger partial charge in [-0.1, -0.05) is 31.2 Å². The van der Waals surface area contributed by atoms with Crippen molar-refractivity contribution in [2.45, 2.75) is 65.0 Å². The molecule has 1 heterocycles. The lowest BCUT2D eigenvalue weighted by atomic mass is 9.71. The molecule has 2 nitrogen and oxygen atoms in total. The summed E-state index contributed by atoms with van der Waals surface area (Å²) in [6.45, 7) is 13.1. The highest BCUT2D eigenvalue weighted by Crippen LogP contribution is 2.42. The van der Waals surface area contributed by atoms with Gasteiger partial charge in [0.05, 0.1) is 0 Å². The Hall–Kier alpha value is -0.860. The fourth-order valence-electron chi connectivity index (χ4n) is 4.29. The molecule has 1 saturated carbocycles. The zero-order chi connectivity index (χ0) is 16.2. The van der Waals surface area contributed by atoms with Crippen molar-refractivity contribution in [2.24, 2.45) is 5.92 Å². The molecular weight excluding hydrogens is 280 g/mol. The Morgan fingerprint density at radius 1 is 1.09 bits per heavy atom. The molecule has 2 heteroatoms. The minimum absolute atomic E-state index is 0.684. The molecule has 0 aromatic heterocycles. The quantitative estimate of drug-likeness (QED) is 0.731. The van der Waals surface area contributed by atoms with Gasteiger partial charge in [0.25, 0.3) is 0 Å². The van der Waals surface area contributed by atoms with E-state index < -0.39 is 0 Å². The molecule has 3 rings (SSSR count). The van der Waals surface area contributed by atoms with Crippen LogP contribution in [0, 0.1) is 5.92 Å². The first kappa shape index (κ1) is 17.0. The molecule has 0 spiro atoms. The number of hydrogen-bond acceptors (Lipinski definition) is 2. The predicted octanol–water partition coefficient (Wildman–Crippen LogP) is 4.51. The third-order valence-electron chi connectivity index (χ3n) is 5.92. The Kier molecular flexibility index (Phi) is 5.76. The summed E-state index contributed by atoms with van der Waals surface area (Å²) < 4.78 is 0. The molecule has 1 aromatic carbocycles. The molecule has 1 aromatic rings. The highest BCUT2D eigenvalue weighted by Gasteiger charge is 2.31. The Morgan fingerprint density at radius 2 is 1.74 bits per heavy atom. The van der Waals surface area contributed by atoms with Crippen LogP contribution >= 0.6 is 0 Å². The summed E-state index contributed by atoms with van der Waals surface area (Å²) in [5, 5.41) is 0. The molecule has 2 aliphatic rings. The van der Waals surface area contributed by atoms with E-state index in [2.05, 4.69) is 54.8 Å². The van der Waals surface area contributed by atoms with Crippen LogP contribution in [0.3, 0.4) is 0 Å². The van der Waals surface area contributed by atoms with E-state index in [-0.39, 0.29) is 0 Å². The molecule has 0 unspecified atom stereocenters. The Morgan fingerprint density at radius 3 is 2.30 bits per heavy atom. The molecule has 0 radical (unpaired) electrons. The third kappa shape index (κ3) is 4.36. The second-order valence-electron chi connectivity index (χ2n) is 7.94. The molecule has 0 bridgehead atoms. The van der Waals surface area contributed by atoms with Gasteiger partial charge in [-0.15, -0.1) is 0 Å². The second-order valence-corrected chi connectivity index (χ2v) is 7.94. The lowest BCUT2D eigenvalue weighted by Gasteiger charge is -2.40. The van der Waals surface area contributed by atoms with Crippen molar-refractivity contribution in [3.05, 3.63) is 35.4 Å². The molecule has 1 aliphatic heterocycles. The maximum absolute atomic E-state index is 2.61. The zero-order valence-corrected chi connectivity index (χ0v) is 15.3. The van der Waals surface area contributed by atoms with Crippen molar-refractivity contribution in [1.82, 2.24) is 9.80 Å². The van der Waals surface area contributed by atoms with Crippen LogP contribution in [0.25, 0.3) is 0 Å². The van der Waals surface area contributed by atoms with E-state index in [1.54, 1.807) is 5.56 Å². The van der Waals surface area contributed by atoms with Gasteiger partial charge in [-0.3, -0.25) is 4.90 Å². The highest BCUT2D eigenvalue weighted by molar-refractivity contribution is 5.27. The Balaban J connectivity index is 1.46. The van der Waals surface area contributed by atoms with Gasteiger partial charge in [-0.2, -0.15) is 0 Å². The molecular formula is C21H34N2. The van der Waals surface area contributed by atoms with Crippen molar-refractivity contribution < 1.29 is 0 Å². The second kappa shape index (κ2) is 7.81. The smallest absolute Gasteiger partial charge is 0.0233 e. The summed E-state index contributed by atoms with van der Waals surface area (Å²) >= 11 is 0. The summed E-state index contributed by atoms with van der Waals surface area (Å²) in [6.07, 6.45) is 5.53. The third-order valence-corrected chi connectivity index (χ3v) is 5.92. The summed E-state index contributed by atoms with van der Waals surface area (Å²) in [6, 6.07) is 10.2. The number of hydrogen-bond donors (Lipinski definition) is 0. The number of rotatable bonds is 7. The van der Waals surface area contributed by atoms with Gasteiger partial charge < -0.3 is 4.90 Å². The van der Waals surface area contributed by atoms with Crippen LogP contribution in [-0.4, -0.2) is 42.0 Å². The van der Waals surface area contributed by atoms with Gasteiger partial charge in [0.15, 0.2) is 0 Å². The van der Waals surface area contributed by atoms with E-state index in [1.807, 2.05) is 0 Å². The standard InChI is InChI=1S/C21H34N2/c1-4-23(17(2)3)16-19-13-21(14-19)20-9-7-18(8-10-20)15-22-11-5-6-12-22/h7-10,17,19,21H,4-6,11-16H2,1-3H3/t19-,21-. The lowest BCUT2D eigenvalue weighted by Crippen LogP contribution is -2.39. The normalized spacial score (nSPS) is 25.3. The maximum Gasteiger partial charge on any atom is 0.0233 e. The summed E-state index contributed by atoms with van der Waals surface area (Å²) in [5.41, 5.74) is 3.06. The van der Waals surface area contributed by atoms with Crippen LogP contribution in [0.5, 0.6) is 0 Å². The number of likely N-dealkylation sites (tertiary alicyclic amines) is 1. The van der Waals surface area contributed by atoms with Crippen molar-refractivity contribution in [3.8, 4) is 0 Å². The monoisotopic (exact) mass is 314 g/mol. The first-order valence-corrected chi connectivity index (χ1v) is 9.71. The molecule has 128 valence electrons. The van der Waals surface area contributed by atoms with E-state index in [1.165, 1.54) is 57.4 Å². The van der Waals surface area contributed by atoms with E-state index in [9.17, 15) is 0 Å². The summed E-state index contributed by atoms with van der Waals surface area (Å²) in [5.74, 6) is 1.72. The molecule has 2 fully saturated rings. The topological polar surface area (TPSA) is 6.48 Å². The van der Waals surface area contributed by atoms with Gasteiger partial charge >= 0.3 is 0 Å². The molecule has 23 heavy (non-hydrogen) atoms. The number of benzene rings is 1. The minimum atomic E-state index is 0.684. The average molecular weight is 315 g/mol. The molecule has 0 amide bonds. The fourth-order valence-corrected chi connectivity index (χ4v) is 4.29. The van der Waals surface area contributed by atoms with E-state index in [0.717, 1.165) is 18.4 Å². The van der Waals surface area contributed by atoms with Crippen LogP contribution in [0.1, 0.15) is 63.5 Å². The first-order chi connectivity index (χ1) is 11.2. The van der Waals surface area contributed by atoms with Crippen molar-refractivity contribution in [1.29, 1.82) is 0 Å². The Labute approximate surface area is 142 Å². The van der Waals surface area contributed by atoms with Crippen LogP contribution in [0.4, 0.5) is 0 Å². The fraction of sp³-hybridized carbons (Fsp3) is 0.714. The van der Waals surface area contributed by atoms with Crippen molar-refractivity contribution in [2.75, 3.05) is 26.2 Å².